The van der Waals surface area contributed by atoms with Crippen molar-refractivity contribution in [2.75, 3.05) is 5.32 Å². The Morgan fingerprint density at radius 2 is 1.92 bits per heavy atom. The molecule has 0 spiro atoms. The van der Waals surface area contributed by atoms with Gasteiger partial charge in [0.05, 0.1) is 5.52 Å². The van der Waals surface area contributed by atoms with Gasteiger partial charge in [-0.25, -0.2) is 4.98 Å². The van der Waals surface area contributed by atoms with Crippen LogP contribution in [0.1, 0.15) is 15.2 Å². The summed E-state index contributed by atoms with van der Waals surface area (Å²) in [5.74, 6) is 0.977. The minimum Gasteiger partial charge on any atom is -0.488 e. The maximum atomic E-state index is 12.5. The molecule has 2 heterocycles. The lowest BCUT2D eigenvalue weighted by molar-refractivity contribution is 0.102. The Bertz CT molecular complexity index is 1040. The van der Waals surface area contributed by atoms with E-state index < -0.39 is 0 Å². The van der Waals surface area contributed by atoms with Gasteiger partial charge in [-0.1, -0.05) is 30.3 Å². The second-order valence-electron chi connectivity index (χ2n) is 5.74. The predicted octanol–water partition coefficient (Wildman–Crippen LogP) is 5.13. The molecular formula is C21H16N2O2S. The number of carbonyl (C=O) groups is 1. The fourth-order valence-corrected chi connectivity index (χ4v) is 3.22. The number of thiophene rings is 1. The molecule has 0 aliphatic heterocycles. The lowest BCUT2D eigenvalue weighted by Crippen LogP contribution is -2.13. The molecule has 1 amide bonds. The average Bonchev–Trinajstić information content (AvgIpc) is 3.20. The van der Waals surface area contributed by atoms with E-state index in [4.69, 9.17) is 4.74 Å². The molecule has 0 atom stereocenters. The molecule has 0 bridgehead atoms. The lowest BCUT2D eigenvalue weighted by atomic mass is 10.2. The highest BCUT2D eigenvalue weighted by atomic mass is 32.1. The number of benzene rings is 2. The minimum absolute atomic E-state index is 0.214. The van der Waals surface area contributed by atoms with Crippen LogP contribution in [0.2, 0.25) is 0 Å². The van der Waals surface area contributed by atoms with Gasteiger partial charge < -0.3 is 10.1 Å². The van der Waals surface area contributed by atoms with E-state index >= 15 is 0 Å². The lowest BCUT2D eigenvalue weighted by Gasteiger charge is -2.08. The van der Waals surface area contributed by atoms with Crippen LogP contribution < -0.4 is 10.1 Å². The third-order valence-electron chi connectivity index (χ3n) is 3.90. The Morgan fingerprint density at radius 1 is 1.00 bits per heavy atom. The minimum atomic E-state index is -0.214. The van der Waals surface area contributed by atoms with Crippen LogP contribution in [0.25, 0.3) is 10.9 Å². The molecule has 128 valence electrons. The first kappa shape index (κ1) is 16.3. The maximum absolute atomic E-state index is 12.5. The summed E-state index contributed by atoms with van der Waals surface area (Å²) in [7, 11) is 0. The highest BCUT2D eigenvalue weighted by molar-refractivity contribution is 7.09. The van der Waals surface area contributed by atoms with E-state index in [0.29, 0.717) is 23.7 Å². The normalized spacial score (nSPS) is 10.6. The van der Waals surface area contributed by atoms with Crippen LogP contribution in [0.15, 0.2) is 78.2 Å². The number of hydrogen-bond donors (Lipinski definition) is 1. The first-order valence-corrected chi connectivity index (χ1v) is 9.08. The van der Waals surface area contributed by atoms with Crippen molar-refractivity contribution >= 4 is 34.0 Å². The number of hydrogen-bond acceptors (Lipinski definition) is 4. The van der Waals surface area contributed by atoms with E-state index in [0.717, 1.165) is 15.8 Å². The monoisotopic (exact) mass is 360 g/mol. The molecule has 2 aromatic carbocycles. The summed E-state index contributed by atoms with van der Waals surface area (Å²) in [5, 5.41) is 5.89. The molecule has 5 heteroatoms. The van der Waals surface area contributed by atoms with Gasteiger partial charge in [0, 0.05) is 15.8 Å². The number of nitrogens with zero attached hydrogens (tertiary/aromatic N) is 1. The Hall–Kier alpha value is -3.18. The van der Waals surface area contributed by atoms with Crippen molar-refractivity contribution in [1.82, 2.24) is 4.98 Å². The second-order valence-corrected chi connectivity index (χ2v) is 6.77. The molecule has 26 heavy (non-hydrogen) atoms. The molecule has 4 nitrogen and oxygen atoms in total. The average molecular weight is 360 g/mol. The molecule has 0 saturated carbocycles. The molecule has 1 N–H and O–H groups in total. The van der Waals surface area contributed by atoms with Crippen LogP contribution in [-0.4, -0.2) is 10.9 Å². The zero-order chi connectivity index (χ0) is 17.8. The Balaban J connectivity index is 1.47. The number of fused-ring (bicyclic) bond motifs is 1. The first-order valence-electron chi connectivity index (χ1n) is 8.20. The van der Waals surface area contributed by atoms with Gasteiger partial charge in [0.25, 0.3) is 5.91 Å². The van der Waals surface area contributed by atoms with E-state index in [1.165, 1.54) is 0 Å². The fourth-order valence-electron chi connectivity index (χ4n) is 2.60. The molecule has 0 unspecified atom stereocenters. The number of rotatable bonds is 5. The van der Waals surface area contributed by atoms with Gasteiger partial charge in [-0.15, -0.1) is 11.3 Å². The summed E-state index contributed by atoms with van der Waals surface area (Å²) in [5.41, 5.74) is 1.38. The van der Waals surface area contributed by atoms with Crippen molar-refractivity contribution in [2.45, 2.75) is 6.61 Å². The molecule has 0 radical (unpaired) electrons. The topological polar surface area (TPSA) is 51.2 Å². The molecule has 0 fully saturated rings. The van der Waals surface area contributed by atoms with Crippen molar-refractivity contribution in [3.05, 3.63) is 88.6 Å². The van der Waals surface area contributed by atoms with E-state index in [1.54, 1.807) is 29.5 Å². The third kappa shape index (κ3) is 3.73. The van der Waals surface area contributed by atoms with Gasteiger partial charge in [0.2, 0.25) is 0 Å². The summed E-state index contributed by atoms with van der Waals surface area (Å²) in [4.78, 5) is 18.1. The van der Waals surface area contributed by atoms with Crippen molar-refractivity contribution in [2.24, 2.45) is 0 Å². The smallest absolute Gasteiger partial charge is 0.256 e. The summed E-state index contributed by atoms with van der Waals surface area (Å²) >= 11 is 1.64. The van der Waals surface area contributed by atoms with Crippen molar-refractivity contribution in [3.63, 3.8) is 0 Å². The molecule has 4 rings (SSSR count). The van der Waals surface area contributed by atoms with Crippen molar-refractivity contribution in [3.8, 4) is 5.75 Å². The van der Waals surface area contributed by atoms with Gasteiger partial charge in [0.1, 0.15) is 18.2 Å². The van der Waals surface area contributed by atoms with Crippen LogP contribution in [0.5, 0.6) is 5.75 Å². The number of carbonyl (C=O) groups excluding carboxylic acids is 1. The number of amides is 1. The van der Waals surface area contributed by atoms with Gasteiger partial charge in [-0.3, -0.25) is 4.79 Å². The molecule has 0 aliphatic rings. The maximum Gasteiger partial charge on any atom is 0.256 e. The van der Waals surface area contributed by atoms with Gasteiger partial charge in [-0.05, 0) is 47.8 Å². The van der Waals surface area contributed by atoms with Crippen LogP contribution in [-0.2, 0) is 6.61 Å². The summed E-state index contributed by atoms with van der Waals surface area (Å²) < 4.78 is 5.76. The number of aromatic nitrogens is 1. The third-order valence-corrected chi connectivity index (χ3v) is 4.75. The molecule has 2 aromatic heterocycles. The zero-order valence-corrected chi connectivity index (χ0v) is 14.7. The highest BCUT2D eigenvalue weighted by Crippen LogP contribution is 2.19. The standard InChI is InChI=1S/C21H16N2O2S/c24-21(23-20-11-10-15-5-1-2-9-19(15)22-20)16-6-3-7-17(13-16)25-14-18-8-4-12-26-18/h1-13H,14H2,(H,22,23,24). The number of anilines is 1. The highest BCUT2D eigenvalue weighted by Gasteiger charge is 2.09. The number of nitrogens with one attached hydrogen (secondary N) is 1. The van der Waals surface area contributed by atoms with Crippen LogP contribution in [0.3, 0.4) is 0 Å². The number of pyridine rings is 1. The van der Waals surface area contributed by atoms with E-state index in [2.05, 4.69) is 10.3 Å². The van der Waals surface area contributed by atoms with E-state index in [1.807, 2.05) is 60.0 Å². The zero-order valence-electron chi connectivity index (χ0n) is 13.9. The second kappa shape index (κ2) is 7.37. The fraction of sp³-hybridized carbons (Fsp3) is 0.0476. The van der Waals surface area contributed by atoms with Gasteiger partial charge >= 0.3 is 0 Å². The molecule has 0 aliphatic carbocycles. The molecule has 0 saturated heterocycles. The largest absolute Gasteiger partial charge is 0.488 e. The Labute approximate surface area is 155 Å². The van der Waals surface area contributed by atoms with E-state index in [9.17, 15) is 4.79 Å². The molecular weight excluding hydrogens is 344 g/mol. The summed E-state index contributed by atoms with van der Waals surface area (Å²) in [6, 6.07) is 22.7. The van der Waals surface area contributed by atoms with Crippen LogP contribution in [0, 0.1) is 0 Å². The van der Waals surface area contributed by atoms with E-state index in [-0.39, 0.29) is 5.91 Å². The van der Waals surface area contributed by atoms with Crippen LogP contribution in [0.4, 0.5) is 5.82 Å². The first-order chi connectivity index (χ1) is 12.8. The number of ether oxygens (including phenoxy) is 1. The Kier molecular flexibility index (Phi) is 4.62. The quantitative estimate of drug-likeness (QED) is 0.537. The predicted molar refractivity (Wildman–Crippen MR) is 105 cm³/mol. The van der Waals surface area contributed by atoms with Crippen molar-refractivity contribution < 1.29 is 9.53 Å². The molecule has 4 aromatic rings. The van der Waals surface area contributed by atoms with Gasteiger partial charge in [-0.2, -0.15) is 0 Å². The van der Waals surface area contributed by atoms with Gasteiger partial charge in [0.15, 0.2) is 0 Å². The van der Waals surface area contributed by atoms with Crippen molar-refractivity contribution in [1.29, 1.82) is 0 Å². The Morgan fingerprint density at radius 3 is 2.81 bits per heavy atom. The summed E-state index contributed by atoms with van der Waals surface area (Å²) in [6.07, 6.45) is 0. The summed E-state index contributed by atoms with van der Waals surface area (Å²) in [6.45, 7) is 0.495. The van der Waals surface area contributed by atoms with Crippen LogP contribution >= 0.6 is 11.3 Å². The SMILES string of the molecule is O=C(Nc1ccc2ccccc2n1)c1cccc(OCc2cccs2)c1. The number of para-hydroxylation sites is 1.